The predicted molar refractivity (Wildman–Crippen MR) is 68.5 cm³/mol. The zero-order valence-corrected chi connectivity index (χ0v) is 10.8. The molecule has 4 heteroatoms. The first-order chi connectivity index (χ1) is 8.14. The molecule has 2 N–H and O–H groups in total. The Balaban J connectivity index is 2.79. The first-order valence-corrected chi connectivity index (χ1v) is 6.03. The minimum absolute atomic E-state index is 0.0340. The summed E-state index contributed by atoms with van der Waals surface area (Å²) < 4.78 is 5.03. The number of hydrogen-bond acceptors (Lipinski definition) is 3. The van der Waals surface area contributed by atoms with Crippen LogP contribution in [-0.2, 0) is 9.53 Å². The Hall–Kier alpha value is -1.13. The van der Waals surface area contributed by atoms with E-state index in [1.54, 1.807) is 14.0 Å². The Morgan fingerprint density at radius 3 is 2.82 bits per heavy atom. The number of ether oxygens (including phenoxy) is 1. The average Bonchev–Trinajstić information content (AvgIpc) is 2.29. The van der Waals surface area contributed by atoms with Crippen LogP contribution >= 0.6 is 0 Å². The van der Waals surface area contributed by atoms with E-state index in [1.165, 1.54) is 0 Å². The molecule has 17 heavy (non-hydrogen) atoms. The van der Waals surface area contributed by atoms with Crippen LogP contribution in [0.4, 0.5) is 0 Å². The van der Waals surface area contributed by atoms with E-state index in [9.17, 15) is 4.79 Å². The summed E-state index contributed by atoms with van der Waals surface area (Å²) in [6, 6.07) is 0. The summed E-state index contributed by atoms with van der Waals surface area (Å²) in [5.41, 5.74) is -0.478. The zero-order valence-electron chi connectivity index (χ0n) is 10.8. The van der Waals surface area contributed by atoms with Gasteiger partial charge in [0.15, 0.2) is 0 Å². The molecule has 1 aliphatic carbocycles. The number of nitrogens with one attached hydrogen (secondary N) is 2. The summed E-state index contributed by atoms with van der Waals surface area (Å²) in [5.74, 6) is 0.224. The third-order valence-corrected chi connectivity index (χ3v) is 2.94. The van der Waals surface area contributed by atoms with Crippen LogP contribution in [-0.4, -0.2) is 31.8 Å². The lowest BCUT2D eigenvalue weighted by molar-refractivity contribution is -0.121. The van der Waals surface area contributed by atoms with Crippen LogP contribution in [0.2, 0.25) is 0 Å². The largest absolute Gasteiger partial charge is 0.383 e. The van der Waals surface area contributed by atoms with Gasteiger partial charge in [-0.1, -0.05) is 25.2 Å². The summed E-state index contributed by atoms with van der Waals surface area (Å²) in [6.45, 7) is 4.97. The first kappa shape index (κ1) is 13.9. The summed E-state index contributed by atoms with van der Waals surface area (Å²) in [6.07, 6.45) is 9.07. The molecule has 0 aliphatic heterocycles. The molecular weight excluding hydrogens is 216 g/mol. The van der Waals surface area contributed by atoms with Gasteiger partial charge in [-0.25, -0.2) is 0 Å². The number of allylic oxidation sites excluding steroid dienone is 2. The molecule has 2 atom stereocenters. The number of hydrogen-bond donors (Lipinski definition) is 2. The number of rotatable bonds is 6. The van der Waals surface area contributed by atoms with Gasteiger partial charge in [-0.05, 0) is 12.5 Å². The zero-order chi connectivity index (χ0) is 12.7. The van der Waals surface area contributed by atoms with Gasteiger partial charge in [0, 0.05) is 26.5 Å². The van der Waals surface area contributed by atoms with E-state index in [1.807, 2.05) is 18.2 Å². The Morgan fingerprint density at radius 1 is 1.47 bits per heavy atom. The highest BCUT2D eigenvalue weighted by Crippen LogP contribution is 2.25. The Kier molecular flexibility index (Phi) is 5.38. The van der Waals surface area contributed by atoms with Crippen molar-refractivity contribution in [3.05, 3.63) is 24.3 Å². The predicted octanol–water partition coefficient (Wildman–Crippen LogP) is 1.21. The summed E-state index contributed by atoms with van der Waals surface area (Å²) in [5, 5.41) is 6.38. The quantitative estimate of drug-likeness (QED) is 0.540. The van der Waals surface area contributed by atoms with Crippen LogP contribution in [0.1, 0.15) is 20.3 Å². The topological polar surface area (TPSA) is 50.4 Å². The molecule has 4 nitrogen and oxygen atoms in total. The number of methoxy groups -OCH3 is 1. The van der Waals surface area contributed by atoms with E-state index in [0.29, 0.717) is 13.2 Å². The van der Waals surface area contributed by atoms with Crippen molar-refractivity contribution in [2.45, 2.75) is 25.9 Å². The second-order valence-corrected chi connectivity index (χ2v) is 4.23. The van der Waals surface area contributed by atoms with Gasteiger partial charge in [0.05, 0.1) is 6.61 Å². The molecule has 0 saturated carbocycles. The highest BCUT2D eigenvalue weighted by Gasteiger charge is 2.35. The van der Waals surface area contributed by atoms with Crippen LogP contribution < -0.4 is 10.6 Å². The van der Waals surface area contributed by atoms with Crippen molar-refractivity contribution in [3.63, 3.8) is 0 Å². The molecule has 1 rings (SSSR count). The van der Waals surface area contributed by atoms with E-state index >= 15 is 0 Å². The molecule has 0 heterocycles. The van der Waals surface area contributed by atoms with Crippen molar-refractivity contribution in [1.82, 2.24) is 10.6 Å². The third-order valence-electron chi connectivity index (χ3n) is 2.94. The minimum Gasteiger partial charge on any atom is -0.383 e. The van der Waals surface area contributed by atoms with Crippen LogP contribution in [0.5, 0.6) is 0 Å². The molecule has 2 unspecified atom stereocenters. The molecule has 0 spiro atoms. The number of carbonyl (C=O) groups is 1. The van der Waals surface area contributed by atoms with Crippen molar-refractivity contribution >= 4 is 5.91 Å². The van der Waals surface area contributed by atoms with Gasteiger partial charge in [0.2, 0.25) is 5.91 Å². The lowest BCUT2D eigenvalue weighted by atomic mass is 9.85. The lowest BCUT2D eigenvalue weighted by Crippen LogP contribution is -2.62. The summed E-state index contributed by atoms with van der Waals surface area (Å²) in [4.78, 5) is 11.4. The van der Waals surface area contributed by atoms with Gasteiger partial charge >= 0.3 is 0 Å². The van der Waals surface area contributed by atoms with Crippen LogP contribution in [0, 0.1) is 5.92 Å². The molecule has 0 bridgehead atoms. The highest BCUT2D eigenvalue weighted by atomic mass is 16.5. The fourth-order valence-corrected chi connectivity index (χ4v) is 2.16. The standard InChI is InChI=1S/C13H22N2O2/c1-4-12-7-5-6-8-13(12,15-11(2)16)14-9-10-17-3/h5-8,12,14H,4,9-10H2,1-3H3,(H,15,16). The van der Waals surface area contributed by atoms with E-state index in [0.717, 1.165) is 6.42 Å². The Bertz CT molecular complexity index is 313. The van der Waals surface area contributed by atoms with Crippen molar-refractivity contribution in [2.24, 2.45) is 5.92 Å². The van der Waals surface area contributed by atoms with Crippen LogP contribution in [0.25, 0.3) is 0 Å². The smallest absolute Gasteiger partial charge is 0.218 e. The lowest BCUT2D eigenvalue weighted by Gasteiger charge is -2.39. The Morgan fingerprint density at radius 2 is 2.24 bits per heavy atom. The molecule has 96 valence electrons. The molecule has 0 fully saturated rings. The molecule has 0 aromatic rings. The molecule has 1 amide bonds. The van der Waals surface area contributed by atoms with Gasteiger partial charge in [0.25, 0.3) is 0 Å². The number of carbonyl (C=O) groups excluding carboxylic acids is 1. The second-order valence-electron chi connectivity index (χ2n) is 4.23. The van der Waals surface area contributed by atoms with Crippen molar-refractivity contribution in [3.8, 4) is 0 Å². The van der Waals surface area contributed by atoms with Gasteiger partial charge in [-0.2, -0.15) is 0 Å². The van der Waals surface area contributed by atoms with Crippen LogP contribution in [0.3, 0.4) is 0 Å². The fourth-order valence-electron chi connectivity index (χ4n) is 2.16. The molecule has 1 aliphatic rings. The summed E-state index contributed by atoms with van der Waals surface area (Å²) in [7, 11) is 1.67. The molecule has 0 saturated heterocycles. The maximum atomic E-state index is 11.4. The SMILES string of the molecule is CCC1C=CC=CC1(NCCOC)NC(C)=O. The van der Waals surface area contributed by atoms with Gasteiger partial charge in [-0.3, -0.25) is 10.1 Å². The van der Waals surface area contributed by atoms with Crippen molar-refractivity contribution < 1.29 is 9.53 Å². The normalized spacial score (nSPS) is 27.1. The minimum atomic E-state index is -0.478. The van der Waals surface area contributed by atoms with Crippen molar-refractivity contribution in [2.75, 3.05) is 20.3 Å². The van der Waals surface area contributed by atoms with Crippen LogP contribution in [0.15, 0.2) is 24.3 Å². The van der Waals surface area contributed by atoms with E-state index in [2.05, 4.69) is 23.6 Å². The highest BCUT2D eigenvalue weighted by molar-refractivity contribution is 5.74. The van der Waals surface area contributed by atoms with Gasteiger partial charge in [-0.15, -0.1) is 0 Å². The fraction of sp³-hybridized carbons (Fsp3) is 0.615. The van der Waals surface area contributed by atoms with Crippen molar-refractivity contribution in [1.29, 1.82) is 0 Å². The molecule has 0 aromatic heterocycles. The average molecular weight is 238 g/mol. The van der Waals surface area contributed by atoms with E-state index in [-0.39, 0.29) is 11.8 Å². The van der Waals surface area contributed by atoms with Gasteiger partial charge < -0.3 is 10.1 Å². The number of amides is 1. The molecule has 0 radical (unpaired) electrons. The molecular formula is C13H22N2O2. The molecule has 0 aromatic carbocycles. The van der Waals surface area contributed by atoms with E-state index in [4.69, 9.17) is 4.74 Å². The van der Waals surface area contributed by atoms with Gasteiger partial charge in [0.1, 0.15) is 5.66 Å². The first-order valence-electron chi connectivity index (χ1n) is 6.03. The monoisotopic (exact) mass is 238 g/mol. The van der Waals surface area contributed by atoms with E-state index < -0.39 is 5.66 Å². The maximum Gasteiger partial charge on any atom is 0.218 e. The Labute approximate surface area is 103 Å². The third kappa shape index (κ3) is 3.68. The second kappa shape index (κ2) is 6.57. The maximum absolute atomic E-state index is 11.4. The summed E-state index contributed by atoms with van der Waals surface area (Å²) >= 11 is 0.